The van der Waals surface area contributed by atoms with Gasteiger partial charge in [0.2, 0.25) is 0 Å². The third-order valence-corrected chi connectivity index (χ3v) is 5.39. The first kappa shape index (κ1) is 29.0. The highest BCUT2D eigenvalue weighted by atomic mass is 16.4. The fraction of sp³-hybridized carbons (Fsp3) is 0.565. The summed E-state index contributed by atoms with van der Waals surface area (Å²) in [4.78, 5) is 51.0. The lowest BCUT2D eigenvalue weighted by Crippen LogP contribution is -2.49. The Bertz CT molecular complexity index is 816. The minimum absolute atomic E-state index is 0.201. The van der Waals surface area contributed by atoms with E-state index in [4.69, 9.17) is 5.11 Å². The van der Waals surface area contributed by atoms with Crippen LogP contribution in [0.15, 0.2) is 24.3 Å². The molecule has 190 valence electrons. The van der Waals surface area contributed by atoms with Crippen molar-refractivity contribution < 1.29 is 34.5 Å². The van der Waals surface area contributed by atoms with Crippen LogP contribution in [0.1, 0.15) is 29.8 Å². The van der Waals surface area contributed by atoms with Gasteiger partial charge in [0.1, 0.15) is 0 Å². The number of rotatable bonds is 9. The number of carbonyl (C=O) groups is 4. The van der Waals surface area contributed by atoms with E-state index < -0.39 is 17.9 Å². The molecule has 1 amide bonds. The van der Waals surface area contributed by atoms with E-state index in [1.165, 1.54) is 0 Å². The lowest BCUT2D eigenvalue weighted by atomic mass is 10.0. The molecule has 0 bridgehead atoms. The van der Waals surface area contributed by atoms with Gasteiger partial charge in [-0.25, -0.2) is 0 Å². The van der Waals surface area contributed by atoms with E-state index in [1.807, 2.05) is 13.8 Å². The Hall–Kier alpha value is -3.02. The number of carboxylic acids is 3. The summed E-state index contributed by atoms with van der Waals surface area (Å²) in [5, 5.41) is 30.5. The van der Waals surface area contributed by atoms with E-state index in [1.54, 1.807) is 46.0 Å². The summed E-state index contributed by atoms with van der Waals surface area (Å²) in [5.41, 5.74) is 1.39. The molecule has 2 rings (SSSR count). The molecular weight excluding hydrogens is 444 g/mol. The fourth-order valence-corrected chi connectivity index (χ4v) is 3.82. The first-order chi connectivity index (χ1) is 16.2. The molecule has 1 heterocycles. The van der Waals surface area contributed by atoms with Crippen molar-refractivity contribution in [2.24, 2.45) is 0 Å². The Kier molecular flexibility index (Phi) is 12.8. The van der Waals surface area contributed by atoms with Gasteiger partial charge in [0.05, 0.1) is 19.6 Å². The average molecular weight is 481 g/mol. The van der Waals surface area contributed by atoms with Crippen LogP contribution in [0.2, 0.25) is 0 Å². The maximum atomic E-state index is 11.8. The predicted octanol–water partition coefficient (Wildman–Crippen LogP) is 0.157. The Labute approximate surface area is 199 Å². The molecule has 0 radical (unpaired) electrons. The topological polar surface area (TPSA) is 151 Å². The number of hydrogen-bond donors (Lipinski definition) is 4. The molecule has 11 nitrogen and oxygen atoms in total. The summed E-state index contributed by atoms with van der Waals surface area (Å²) in [7, 11) is 1.54. The zero-order valence-electron chi connectivity index (χ0n) is 20.1. The second-order valence-electron chi connectivity index (χ2n) is 7.80. The number of carboxylic acid groups (broad SMARTS) is 3. The number of nitrogens with zero attached hydrogens (tertiary/aromatic N) is 3. The first-order valence-corrected chi connectivity index (χ1v) is 11.3. The zero-order valence-corrected chi connectivity index (χ0v) is 20.1. The van der Waals surface area contributed by atoms with Gasteiger partial charge in [0, 0.05) is 51.4 Å². The van der Waals surface area contributed by atoms with E-state index in [2.05, 4.69) is 5.32 Å². The van der Waals surface area contributed by atoms with Crippen LogP contribution >= 0.6 is 0 Å². The number of aliphatic carboxylic acids is 3. The summed E-state index contributed by atoms with van der Waals surface area (Å²) in [5.74, 6) is -3.23. The smallest absolute Gasteiger partial charge is 0.317 e. The van der Waals surface area contributed by atoms with Gasteiger partial charge in [-0.3, -0.25) is 33.9 Å². The summed E-state index contributed by atoms with van der Waals surface area (Å²) in [6.45, 7) is 5.05. The molecule has 1 fully saturated rings. The minimum Gasteiger partial charge on any atom is -0.480 e. The van der Waals surface area contributed by atoms with Gasteiger partial charge in [-0.05, 0) is 24.1 Å². The van der Waals surface area contributed by atoms with Crippen molar-refractivity contribution in [1.29, 1.82) is 0 Å². The highest BCUT2D eigenvalue weighted by Crippen LogP contribution is 2.14. The molecule has 1 unspecified atom stereocenters. The highest BCUT2D eigenvalue weighted by Gasteiger charge is 2.27. The predicted molar refractivity (Wildman–Crippen MR) is 126 cm³/mol. The van der Waals surface area contributed by atoms with Crippen molar-refractivity contribution >= 4 is 23.8 Å². The molecular formula is C23H36N4O7. The van der Waals surface area contributed by atoms with Crippen molar-refractivity contribution in [2.75, 3.05) is 59.4 Å². The molecule has 1 aromatic carbocycles. The maximum Gasteiger partial charge on any atom is 0.317 e. The van der Waals surface area contributed by atoms with Crippen LogP contribution in [0.3, 0.4) is 0 Å². The van der Waals surface area contributed by atoms with Crippen LogP contribution in [0, 0.1) is 0 Å². The maximum absolute atomic E-state index is 11.8. The Balaban J connectivity index is 0.00000281. The van der Waals surface area contributed by atoms with E-state index in [9.17, 15) is 29.4 Å². The second kappa shape index (κ2) is 15.0. The number of benzene rings is 1. The van der Waals surface area contributed by atoms with E-state index in [-0.39, 0.29) is 31.6 Å². The first-order valence-electron chi connectivity index (χ1n) is 11.3. The van der Waals surface area contributed by atoms with Crippen LogP contribution in [-0.4, -0.2) is 119 Å². The summed E-state index contributed by atoms with van der Waals surface area (Å²) >= 11 is 0. The van der Waals surface area contributed by atoms with Gasteiger partial charge < -0.3 is 20.6 Å². The molecule has 34 heavy (non-hydrogen) atoms. The van der Waals surface area contributed by atoms with Gasteiger partial charge in [-0.2, -0.15) is 0 Å². The molecule has 0 aromatic heterocycles. The largest absolute Gasteiger partial charge is 0.480 e. The molecule has 1 aliphatic heterocycles. The zero-order chi connectivity index (χ0) is 25.7. The molecule has 1 saturated heterocycles. The summed E-state index contributed by atoms with van der Waals surface area (Å²) in [6, 6.07) is 6.67. The molecule has 1 aromatic rings. The Morgan fingerprint density at radius 2 is 1.32 bits per heavy atom. The molecule has 0 aliphatic carbocycles. The van der Waals surface area contributed by atoms with Crippen LogP contribution < -0.4 is 5.32 Å². The molecule has 1 atom stereocenters. The van der Waals surface area contributed by atoms with E-state index in [0.717, 1.165) is 5.56 Å². The normalized spacial score (nSPS) is 17.9. The van der Waals surface area contributed by atoms with Crippen molar-refractivity contribution in [3.8, 4) is 0 Å². The lowest BCUT2D eigenvalue weighted by molar-refractivity contribution is -0.140. The highest BCUT2D eigenvalue weighted by molar-refractivity contribution is 5.93. The average Bonchev–Trinajstić information content (AvgIpc) is 2.85. The molecule has 11 heteroatoms. The van der Waals surface area contributed by atoms with Crippen molar-refractivity contribution in [3.63, 3.8) is 0 Å². The van der Waals surface area contributed by atoms with Crippen LogP contribution in [0.5, 0.6) is 0 Å². The molecule has 0 saturated carbocycles. The fourth-order valence-electron chi connectivity index (χ4n) is 3.82. The minimum atomic E-state index is -1.02. The van der Waals surface area contributed by atoms with Crippen molar-refractivity contribution in [2.45, 2.75) is 26.3 Å². The van der Waals surface area contributed by atoms with Crippen molar-refractivity contribution in [1.82, 2.24) is 20.0 Å². The molecule has 1 aliphatic rings. The summed E-state index contributed by atoms with van der Waals surface area (Å²) in [6.07, 6.45) is 0.455. The molecule has 4 N–H and O–H groups in total. The van der Waals surface area contributed by atoms with Gasteiger partial charge >= 0.3 is 17.9 Å². The number of amides is 1. The molecule has 0 spiro atoms. The quantitative estimate of drug-likeness (QED) is 0.385. The second-order valence-corrected chi connectivity index (χ2v) is 7.80. The number of carbonyl (C=O) groups excluding carboxylic acids is 1. The third-order valence-electron chi connectivity index (χ3n) is 5.39. The van der Waals surface area contributed by atoms with E-state index in [0.29, 0.717) is 44.7 Å². The van der Waals surface area contributed by atoms with Crippen LogP contribution in [-0.2, 0) is 20.8 Å². The third kappa shape index (κ3) is 10.3. The standard InChI is InChI=1S/C21H30N4O7.C2H6/c1-22-21(32)16-4-2-15(3-5-16)10-17-11-24(13-19(28)29)7-6-23(12-18(26)27)8-9-25(17)14-20(30)31;1-2/h2-5,17H,6-14H2,1H3,(H,22,32)(H,26,27)(H,28,29)(H,30,31);1-2H3. The SMILES string of the molecule is CC.CNC(=O)c1ccc(CC2CN(CC(=O)O)CCN(CC(=O)O)CCN2CC(=O)O)cc1. The van der Waals surface area contributed by atoms with Gasteiger partial charge in [0.25, 0.3) is 5.91 Å². The van der Waals surface area contributed by atoms with Gasteiger partial charge in [-0.15, -0.1) is 0 Å². The van der Waals surface area contributed by atoms with Gasteiger partial charge in [0.15, 0.2) is 0 Å². The Morgan fingerprint density at radius 1 is 0.824 bits per heavy atom. The number of nitrogens with one attached hydrogen (secondary N) is 1. The summed E-state index contributed by atoms with van der Waals surface area (Å²) < 4.78 is 0. The van der Waals surface area contributed by atoms with Crippen molar-refractivity contribution in [3.05, 3.63) is 35.4 Å². The lowest BCUT2D eigenvalue weighted by Gasteiger charge is -2.33. The van der Waals surface area contributed by atoms with Gasteiger partial charge in [-0.1, -0.05) is 26.0 Å². The monoisotopic (exact) mass is 480 g/mol. The van der Waals surface area contributed by atoms with Crippen LogP contribution in [0.4, 0.5) is 0 Å². The van der Waals surface area contributed by atoms with Crippen LogP contribution in [0.25, 0.3) is 0 Å². The van der Waals surface area contributed by atoms with E-state index >= 15 is 0 Å². The Morgan fingerprint density at radius 3 is 1.85 bits per heavy atom. The number of hydrogen-bond acceptors (Lipinski definition) is 7.